The normalized spacial score (nSPS) is 21.2. The van der Waals surface area contributed by atoms with Gasteiger partial charge < -0.3 is 25.0 Å². The van der Waals surface area contributed by atoms with Gasteiger partial charge in [0, 0.05) is 37.3 Å². The highest BCUT2D eigenvalue weighted by atomic mass is 19.1. The fraction of sp³-hybridized carbons (Fsp3) is 0.519. The topological polar surface area (TPSA) is 65.0 Å². The first-order chi connectivity index (χ1) is 16.5. The van der Waals surface area contributed by atoms with Crippen molar-refractivity contribution >= 4 is 11.8 Å². The first kappa shape index (κ1) is 23.1. The number of benzene rings is 2. The Labute approximate surface area is 200 Å². The maximum absolute atomic E-state index is 13.8. The van der Waals surface area contributed by atoms with Crippen molar-refractivity contribution < 1.29 is 19.0 Å². The lowest BCUT2D eigenvalue weighted by atomic mass is 9.74. The third-order valence-corrected chi connectivity index (χ3v) is 7.98. The minimum atomic E-state index is -0.400. The molecule has 6 nitrogen and oxygen atoms in total. The Kier molecular flexibility index (Phi) is 6.75. The predicted octanol–water partition coefficient (Wildman–Crippen LogP) is 3.99. The molecular weight excluding hydrogens is 433 g/mol. The van der Waals surface area contributed by atoms with E-state index < -0.39 is 6.10 Å². The fourth-order valence-corrected chi connectivity index (χ4v) is 5.77. The van der Waals surface area contributed by atoms with Crippen molar-refractivity contribution in [2.75, 3.05) is 44.6 Å². The highest BCUT2D eigenvalue weighted by Gasteiger charge is 2.42. The number of aliphatic hydroxyl groups is 1. The molecule has 0 saturated carbocycles. The largest absolute Gasteiger partial charge is 0.445 e. The molecule has 1 atom stereocenters. The molecule has 3 heterocycles. The van der Waals surface area contributed by atoms with E-state index in [2.05, 4.69) is 10.2 Å². The van der Waals surface area contributed by atoms with E-state index in [1.165, 1.54) is 6.07 Å². The number of piperidine rings is 2. The van der Waals surface area contributed by atoms with Crippen LogP contribution < -0.4 is 5.32 Å². The Balaban J connectivity index is 1.06. The number of aliphatic hydroxyl groups excluding tert-OH is 1. The van der Waals surface area contributed by atoms with Crippen LogP contribution in [0.15, 0.2) is 48.5 Å². The van der Waals surface area contributed by atoms with E-state index in [1.807, 2.05) is 36.4 Å². The van der Waals surface area contributed by atoms with Gasteiger partial charge in [-0.05, 0) is 74.0 Å². The van der Waals surface area contributed by atoms with Crippen LogP contribution in [0.4, 0.5) is 14.9 Å². The molecular formula is C27H34FN3O3. The summed E-state index contributed by atoms with van der Waals surface area (Å²) < 4.78 is 19.3. The second kappa shape index (κ2) is 9.92. The monoisotopic (exact) mass is 467 g/mol. The van der Waals surface area contributed by atoms with Crippen LogP contribution in [0.25, 0.3) is 0 Å². The van der Waals surface area contributed by atoms with Gasteiger partial charge in [-0.15, -0.1) is 0 Å². The van der Waals surface area contributed by atoms with Crippen LogP contribution in [-0.2, 0) is 16.8 Å². The average Bonchev–Trinajstić information content (AvgIpc) is 3.21. The third kappa shape index (κ3) is 4.91. The van der Waals surface area contributed by atoms with Crippen molar-refractivity contribution in [1.82, 2.24) is 9.80 Å². The molecule has 2 aromatic carbocycles. The summed E-state index contributed by atoms with van der Waals surface area (Å²) >= 11 is 0. The minimum Gasteiger partial charge on any atom is -0.445 e. The van der Waals surface area contributed by atoms with E-state index in [1.54, 1.807) is 11.0 Å². The number of carbonyl (C=O) groups is 1. The van der Waals surface area contributed by atoms with Gasteiger partial charge in [0.15, 0.2) is 0 Å². The fourth-order valence-electron chi connectivity index (χ4n) is 5.77. The number of β-amino-alcohol motifs (C(OH)–C–C–N with tert-alkyl or cyclic N) is 1. The van der Waals surface area contributed by atoms with Crippen molar-refractivity contribution in [3.05, 3.63) is 65.5 Å². The van der Waals surface area contributed by atoms with Gasteiger partial charge in [0.2, 0.25) is 0 Å². The molecule has 0 bridgehead atoms. The minimum absolute atomic E-state index is 0.00430. The van der Waals surface area contributed by atoms with Crippen LogP contribution in [-0.4, -0.2) is 66.4 Å². The molecule has 2 aromatic rings. The van der Waals surface area contributed by atoms with Gasteiger partial charge in [-0.2, -0.15) is 0 Å². The Hall–Kier alpha value is -2.64. The van der Waals surface area contributed by atoms with Crippen molar-refractivity contribution in [3.8, 4) is 0 Å². The van der Waals surface area contributed by atoms with Crippen molar-refractivity contribution in [3.63, 3.8) is 0 Å². The first-order valence-electron chi connectivity index (χ1n) is 12.4. The van der Waals surface area contributed by atoms with Crippen LogP contribution >= 0.6 is 0 Å². The zero-order valence-corrected chi connectivity index (χ0v) is 19.6. The molecule has 1 unspecified atom stereocenters. The summed E-state index contributed by atoms with van der Waals surface area (Å²) in [5, 5.41) is 14.4. The second-order valence-corrected chi connectivity index (χ2v) is 10.1. The Morgan fingerprint density at radius 3 is 2.59 bits per heavy atom. The molecule has 182 valence electrons. The van der Waals surface area contributed by atoms with Gasteiger partial charge in [-0.25, -0.2) is 9.18 Å². The van der Waals surface area contributed by atoms with E-state index in [0.717, 1.165) is 62.1 Å². The van der Waals surface area contributed by atoms with Crippen molar-refractivity contribution in [2.24, 2.45) is 5.92 Å². The molecule has 0 aliphatic carbocycles. The summed E-state index contributed by atoms with van der Waals surface area (Å²) in [5.74, 6) is 0.0204. The lowest BCUT2D eigenvalue weighted by Crippen LogP contribution is -2.48. The highest BCUT2D eigenvalue weighted by Crippen LogP contribution is 2.44. The number of nitrogens with one attached hydrogen (secondary N) is 1. The van der Waals surface area contributed by atoms with Crippen LogP contribution in [0.2, 0.25) is 0 Å². The number of likely N-dealkylation sites (tertiary alicyclic amines) is 2. The molecule has 0 aromatic heterocycles. The second-order valence-electron chi connectivity index (χ2n) is 10.1. The third-order valence-electron chi connectivity index (χ3n) is 7.98. The standard InChI is InChI=1S/C27H34FN3O3/c28-22-6-7-24-23(16-22)27(19-29-24)10-14-30(15-11-27)17-25(32)21-8-12-31(13-9-21)26(33)34-18-20-4-2-1-3-5-20/h1-7,16,21,25,29,32H,8-15,17-19H2. The summed E-state index contributed by atoms with van der Waals surface area (Å²) in [5.41, 5.74) is 3.15. The van der Waals surface area contributed by atoms with Crippen molar-refractivity contribution in [2.45, 2.75) is 43.8 Å². The molecule has 3 aliphatic rings. The van der Waals surface area contributed by atoms with Gasteiger partial charge in [-0.1, -0.05) is 30.3 Å². The van der Waals surface area contributed by atoms with Crippen LogP contribution in [0.1, 0.15) is 36.8 Å². The van der Waals surface area contributed by atoms with E-state index in [-0.39, 0.29) is 29.9 Å². The summed E-state index contributed by atoms with van der Waals surface area (Å²) in [4.78, 5) is 16.5. The molecule has 2 fully saturated rings. The maximum Gasteiger partial charge on any atom is 0.410 e. The molecule has 5 rings (SSSR count). The molecule has 0 radical (unpaired) electrons. The zero-order valence-electron chi connectivity index (χ0n) is 19.6. The number of ether oxygens (including phenoxy) is 1. The highest BCUT2D eigenvalue weighted by molar-refractivity contribution is 5.67. The summed E-state index contributed by atoms with van der Waals surface area (Å²) in [6.07, 6.45) is 2.83. The van der Waals surface area contributed by atoms with E-state index in [4.69, 9.17) is 4.74 Å². The quantitative estimate of drug-likeness (QED) is 0.696. The number of amides is 1. The Morgan fingerprint density at radius 1 is 1.12 bits per heavy atom. The average molecular weight is 468 g/mol. The molecule has 7 heteroatoms. The zero-order chi connectivity index (χ0) is 23.5. The van der Waals surface area contributed by atoms with E-state index in [9.17, 15) is 14.3 Å². The van der Waals surface area contributed by atoms with Gasteiger partial charge in [-0.3, -0.25) is 0 Å². The van der Waals surface area contributed by atoms with Crippen LogP contribution in [0.5, 0.6) is 0 Å². The summed E-state index contributed by atoms with van der Waals surface area (Å²) in [7, 11) is 0. The van der Waals surface area contributed by atoms with E-state index >= 15 is 0 Å². The SMILES string of the molecule is O=C(OCc1ccccc1)N1CCC(C(O)CN2CCC3(CC2)CNc2ccc(F)cc23)CC1. The number of halogens is 1. The molecule has 2 N–H and O–H groups in total. The van der Waals surface area contributed by atoms with Gasteiger partial charge in [0.25, 0.3) is 0 Å². The molecule has 34 heavy (non-hydrogen) atoms. The van der Waals surface area contributed by atoms with Crippen LogP contribution in [0, 0.1) is 11.7 Å². The molecule has 1 spiro atoms. The number of hydrogen-bond acceptors (Lipinski definition) is 5. The Morgan fingerprint density at radius 2 is 1.85 bits per heavy atom. The maximum atomic E-state index is 13.8. The number of carbonyl (C=O) groups excluding carboxylic acids is 1. The van der Waals surface area contributed by atoms with E-state index in [0.29, 0.717) is 19.6 Å². The summed E-state index contributed by atoms with van der Waals surface area (Å²) in [6.45, 7) is 4.84. The number of fused-ring (bicyclic) bond motifs is 2. The number of hydrogen-bond donors (Lipinski definition) is 2. The number of rotatable bonds is 5. The summed E-state index contributed by atoms with van der Waals surface area (Å²) in [6, 6.07) is 14.7. The number of nitrogens with zero attached hydrogens (tertiary/aromatic N) is 2. The van der Waals surface area contributed by atoms with Gasteiger partial charge in [0.1, 0.15) is 12.4 Å². The van der Waals surface area contributed by atoms with Gasteiger partial charge >= 0.3 is 6.09 Å². The first-order valence-corrected chi connectivity index (χ1v) is 12.4. The Bertz CT molecular complexity index is 986. The number of anilines is 1. The smallest absolute Gasteiger partial charge is 0.410 e. The lowest BCUT2D eigenvalue weighted by molar-refractivity contribution is 0.0179. The lowest BCUT2D eigenvalue weighted by Gasteiger charge is -2.41. The van der Waals surface area contributed by atoms with Crippen molar-refractivity contribution in [1.29, 1.82) is 0 Å². The molecule has 2 saturated heterocycles. The van der Waals surface area contributed by atoms with Gasteiger partial charge in [0.05, 0.1) is 6.10 Å². The predicted molar refractivity (Wildman–Crippen MR) is 129 cm³/mol. The molecule has 1 amide bonds. The molecule has 3 aliphatic heterocycles. The van der Waals surface area contributed by atoms with Crippen LogP contribution in [0.3, 0.4) is 0 Å².